The molecule has 5 rings (SSSR count). The van der Waals surface area contributed by atoms with Crippen LogP contribution >= 0.6 is 0 Å². The highest BCUT2D eigenvalue weighted by Crippen LogP contribution is 2.53. The predicted molar refractivity (Wildman–Crippen MR) is 116 cm³/mol. The van der Waals surface area contributed by atoms with Crippen LogP contribution in [-0.4, -0.2) is 60.0 Å². The van der Waals surface area contributed by atoms with Gasteiger partial charge in [0, 0.05) is 49.0 Å². The van der Waals surface area contributed by atoms with E-state index in [4.69, 9.17) is 0 Å². The van der Waals surface area contributed by atoms with E-state index in [1.807, 2.05) is 18.0 Å². The molecular weight excluding hydrogens is 416 g/mol. The molecule has 0 radical (unpaired) electrons. The smallest absolute Gasteiger partial charge is 0.267 e. The van der Waals surface area contributed by atoms with Gasteiger partial charge in [-0.2, -0.15) is 8.42 Å². The lowest BCUT2D eigenvalue weighted by Gasteiger charge is -2.56. The van der Waals surface area contributed by atoms with Gasteiger partial charge in [-0.1, -0.05) is 18.4 Å². The number of hydrogen-bond donors (Lipinski definition) is 2. The normalized spacial score (nSPS) is 43.2. The average Bonchev–Trinajstić information content (AvgIpc) is 2.75. The molecule has 8 heteroatoms. The minimum Gasteiger partial charge on any atom is -0.339 e. The zero-order valence-corrected chi connectivity index (χ0v) is 19.0. The molecule has 0 aromatic rings. The molecule has 0 saturated heterocycles. The number of rotatable bonds is 3. The van der Waals surface area contributed by atoms with Crippen LogP contribution in [-0.2, 0) is 19.7 Å². The number of Topliss-reactive ketones (excluding diaryl/α,β-unsaturated/α-hetero) is 1. The summed E-state index contributed by atoms with van der Waals surface area (Å²) in [5.41, 5.74) is 1.24. The van der Waals surface area contributed by atoms with Crippen molar-refractivity contribution in [2.75, 3.05) is 7.05 Å². The lowest BCUT2D eigenvalue weighted by atomic mass is 9.53. The number of nitrogens with zero attached hydrogens (tertiary/aromatic N) is 1. The maximum atomic E-state index is 13.8. The first-order valence-corrected chi connectivity index (χ1v) is 13.5. The number of ketones is 1. The highest BCUT2D eigenvalue weighted by Gasteiger charge is 2.56. The molecule has 5 aliphatic rings. The molecule has 6 unspecified atom stereocenters. The Bertz CT molecular complexity index is 892. The summed E-state index contributed by atoms with van der Waals surface area (Å²) in [4.78, 5) is 28.3. The number of carbonyl (C=O) groups is 2. The molecule has 172 valence electrons. The fraction of sp³-hybridized carbons (Fsp3) is 0.826. The highest BCUT2D eigenvalue weighted by molar-refractivity contribution is 7.86. The van der Waals surface area contributed by atoms with Crippen molar-refractivity contribution >= 4 is 21.8 Å². The van der Waals surface area contributed by atoms with Crippen molar-refractivity contribution in [1.82, 2.24) is 10.2 Å². The molecule has 0 bridgehead atoms. The second-order valence-corrected chi connectivity index (χ2v) is 12.1. The minimum atomic E-state index is -3.97. The van der Waals surface area contributed by atoms with Gasteiger partial charge in [0.2, 0.25) is 5.91 Å². The number of fused-ring (bicyclic) bond motifs is 2. The Morgan fingerprint density at radius 3 is 2.29 bits per heavy atom. The fourth-order valence-electron chi connectivity index (χ4n) is 7.43. The second kappa shape index (κ2) is 7.96. The van der Waals surface area contributed by atoms with Gasteiger partial charge in [0.15, 0.2) is 0 Å². The van der Waals surface area contributed by atoms with E-state index >= 15 is 0 Å². The monoisotopic (exact) mass is 450 g/mol. The summed E-state index contributed by atoms with van der Waals surface area (Å²) in [5.74, 6) is 0.795. The average molecular weight is 451 g/mol. The van der Waals surface area contributed by atoms with Crippen molar-refractivity contribution < 1.29 is 22.6 Å². The molecule has 1 heterocycles. The van der Waals surface area contributed by atoms with E-state index in [2.05, 4.69) is 5.32 Å². The Labute approximate surface area is 184 Å². The van der Waals surface area contributed by atoms with Gasteiger partial charge in [0.25, 0.3) is 10.1 Å². The van der Waals surface area contributed by atoms with E-state index in [1.54, 1.807) is 0 Å². The molecule has 4 aliphatic carbocycles. The molecule has 0 spiro atoms. The van der Waals surface area contributed by atoms with Gasteiger partial charge in [-0.05, 0) is 57.3 Å². The lowest BCUT2D eigenvalue weighted by molar-refractivity contribution is -0.143. The molecule has 0 aromatic heterocycles. The third-order valence-corrected chi connectivity index (χ3v) is 10.3. The zero-order valence-electron chi connectivity index (χ0n) is 18.2. The maximum absolute atomic E-state index is 13.8. The number of amides is 1. The van der Waals surface area contributed by atoms with Crippen LogP contribution in [0.3, 0.4) is 0 Å². The largest absolute Gasteiger partial charge is 0.339 e. The first-order valence-electron chi connectivity index (χ1n) is 12.0. The second-order valence-electron chi connectivity index (χ2n) is 10.5. The summed E-state index contributed by atoms with van der Waals surface area (Å²) in [6.45, 7) is 0. The Balaban J connectivity index is 1.39. The number of nitrogens with one attached hydrogen (secondary N) is 1. The summed E-state index contributed by atoms with van der Waals surface area (Å²) in [6.07, 6.45) is 10.1. The SMILES string of the molecule is CN1C(=O)C=C2C3CCCCC3C(=O)C3C(NC4CCC(S(=O)(=O)O)CC4)CCC1C23. The highest BCUT2D eigenvalue weighted by atomic mass is 32.2. The van der Waals surface area contributed by atoms with Crippen LogP contribution in [0.15, 0.2) is 11.6 Å². The third kappa shape index (κ3) is 3.68. The van der Waals surface area contributed by atoms with E-state index in [9.17, 15) is 22.6 Å². The van der Waals surface area contributed by atoms with Crippen LogP contribution in [0.1, 0.15) is 64.2 Å². The number of likely N-dealkylation sites (N-methyl/N-ethyl adjacent to an activating group) is 1. The summed E-state index contributed by atoms with van der Waals surface area (Å²) in [7, 11) is -2.10. The molecule has 0 aromatic carbocycles. The molecule has 1 aliphatic heterocycles. The Kier molecular flexibility index (Phi) is 5.54. The Morgan fingerprint density at radius 2 is 1.61 bits per heavy atom. The zero-order chi connectivity index (χ0) is 21.9. The van der Waals surface area contributed by atoms with Crippen molar-refractivity contribution in [2.45, 2.75) is 87.6 Å². The molecule has 6 atom stereocenters. The van der Waals surface area contributed by atoms with Crippen LogP contribution < -0.4 is 5.32 Å². The van der Waals surface area contributed by atoms with Gasteiger partial charge < -0.3 is 10.2 Å². The summed E-state index contributed by atoms with van der Waals surface area (Å²) >= 11 is 0. The molecule has 4 saturated carbocycles. The Hall–Kier alpha value is -1.25. The predicted octanol–water partition coefficient (Wildman–Crippen LogP) is 2.33. The van der Waals surface area contributed by atoms with E-state index in [1.165, 1.54) is 5.57 Å². The van der Waals surface area contributed by atoms with Crippen molar-refractivity contribution in [3.05, 3.63) is 11.6 Å². The summed E-state index contributed by atoms with van der Waals surface area (Å²) in [6, 6.07) is 0.360. The minimum absolute atomic E-state index is 0.0516. The summed E-state index contributed by atoms with van der Waals surface area (Å²) in [5, 5.41) is 3.08. The Morgan fingerprint density at radius 1 is 0.935 bits per heavy atom. The standard InChI is InChI=1S/C23H34N2O5S/c1-25-19-11-10-18(24-13-6-8-14(9-7-13)31(28,29)30)22-21(19)17(12-20(25)26)15-4-2-3-5-16(15)23(22)27/h12-16,18-19,21-22,24H,2-11H2,1H3,(H,28,29,30). The van der Waals surface area contributed by atoms with E-state index in [-0.39, 0.29) is 47.7 Å². The van der Waals surface area contributed by atoms with Gasteiger partial charge in [-0.3, -0.25) is 14.1 Å². The van der Waals surface area contributed by atoms with Crippen LogP contribution in [0, 0.1) is 23.7 Å². The fourth-order valence-corrected chi connectivity index (χ4v) is 8.30. The van der Waals surface area contributed by atoms with Crippen LogP contribution in [0.4, 0.5) is 0 Å². The molecule has 31 heavy (non-hydrogen) atoms. The topological polar surface area (TPSA) is 104 Å². The van der Waals surface area contributed by atoms with Gasteiger partial charge in [-0.15, -0.1) is 0 Å². The number of hydrogen-bond acceptors (Lipinski definition) is 5. The molecule has 2 N–H and O–H groups in total. The van der Waals surface area contributed by atoms with Crippen molar-refractivity contribution in [3.63, 3.8) is 0 Å². The number of carbonyl (C=O) groups excluding carboxylic acids is 2. The van der Waals surface area contributed by atoms with Crippen molar-refractivity contribution in [3.8, 4) is 0 Å². The van der Waals surface area contributed by atoms with Crippen LogP contribution in [0.25, 0.3) is 0 Å². The van der Waals surface area contributed by atoms with Crippen molar-refractivity contribution in [1.29, 1.82) is 0 Å². The van der Waals surface area contributed by atoms with Crippen LogP contribution in [0.2, 0.25) is 0 Å². The van der Waals surface area contributed by atoms with E-state index < -0.39 is 15.4 Å². The first kappa shape index (κ1) is 21.6. The van der Waals surface area contributed by atoms with E-state index in [0.717, 1.165) is 38.5 Å². The summed E-state index contributed by atoms with van der Waals surface area (Å²) < 4.78 is 32.3. The van der Waals surface area contributed by atoms with Gasteiger partial charge in [-0.25, -0.2) is 0 Å². The van der Waals surface area contributed by atoms with Gasteiger partial charge >= 0.3 is 0 Å². The van der Waals surface area contributed by atoms with Gasteiger partial charge in [0.1, 0.15) is 5.78 Å². The molecule has 1 amide bonds. The van der Waals surface area contributed by atoms with Gasteiger partial charge in [0.05, 0.1) is 5.25 Å². The quantitative estimate of drug-likeness (QED) is 0.640. The maximum Gasteiger partial charge on any atom is 0.267 e. The van der Waals surface area contributed by atoms with E-state index in [0.29, 0.717) is 31.5 Å². The third-order valence-electron chi connectivity index (χ3n) is 8.96. The lowest BCUT2D eigenvalue weighted by Crippen LogP contribution is -2.63. The first-order chi connectivity index (χ1) is 14.8. The van der Waals surface area contributed by atoms with Crippen molar-refractivity contribution in [2.24, 2.45) is 23.7 Å². The molecule has 4 fully saturated rings. The molecule has 7 nitrogen and oxygen atoms in total. The molecular formula is C23H34N2O5S. The van der Waals surface area contributed by atoms with Crippen LogP contribution in [0.5, 0.6) is 0 Å².